The standard InChI is InChI=1S/C15H19N5O/c21-15(17-11-12-4-3-8-16-10-12)19-14-7-9-18-20(14)13-5-1-2-6-13/h3-4,7-10,13H,1-2,5-6,11H2,(H2,17,19,21). The van der Waals surface area contributed by atoms with Crippen molar-refractivity contribution in [3.63, 3.8) is 0 Å². The number of hydrogen-bond acceptors (Lipinski definition) is 3. The van der Waals surface area contributed by atoms with Gasteiger partial charge < -0.3 is 5.32 Å². The minimum atomic E-state index is -0.224. The van der Waals surface area contributed by atoms with E-state index in [0.29, 0.717) is 12.6 Å². The summed E-state index contributed by atoms with van der Waals surface area (Å²) in [6.07, 6.45) is 9.91. The lowest BCUT2D eigenvalue weighted by Gasteiger charge is -2.15. The Bertz CT molecular complexity index is 589. The quantitative estimate of drug-likeness (QED) is 0.907. The maximum absolute atomic E-state index is 12.0. The van der Waals surface area contributed by atoms with Crippen LogP contribution >= 0.6 is 0 Å². The molecule has 0 saturated heterocycles. The zero-order chi connectivity index (χ0) is 14.5. The molecule has 6 heteroatoms. The van der Waals surface area contributed by atoms with Gasteiger partial charge >= 0.3 is 6.03 Å². The van der Waals surface area contributed by atoms with Crippen LogP contribution < -0.4 is 10.6 Å². The third kappa shape index (κ3) is 3.39. The molecule has 0 spiro atoms. The number of carbonyl (C=O) groups is 1. The molecular weight excluding hydrogens is 266 g/mol. The molecule has 0 atom stereocenters. The van der Waals surface area contributed by atoms with Crippen molar-refractivity contribution in [1.29, 1.82) is 0 Å². The van der Waals surface area contributed by atoms with Gasteiger partial charge in [-0.05, 0) is 24.5 Å². The summed E-state index contributed by atoms with van der Waals surface area (Å²) in [6.45, 7) is 0.456. The van der Waals surface area contributed by atoms with Crippen LogP contribution in [-0.2, 0) is 6.54 Å². The number of nitrogens with one attached hydrogen (secondary N) is 2. The molecular formula is C15H19N5O. The summed E-state index contributed by atoms with van der Waals surface area (Å²) in [7, 11) is 0. The number of nitrogens with zero attached hydrogens (tertiary/aromatic N) is 3. The molecule has 2 amide bonds. The van der Waals surface area contributed by atoms with Gasteiger partial charge in [0.2, 0.25) is 0 Å². The molecule has 21 heavy (non-hydrogen) atoms. The van der Waals surface area contributed by atoms with Crippen molar-refractivity contribution in [2.45, 2.75) is 38.3 Å². The SMILES string of the molecule is O=C(NCc1cccnc1)Nc1ccnn1C1CCCC1. The van der Waals surface area contributed by atoms with Crippen LogP contribution in [0.3, 0.4) is 0 Å². The van der Waals surface area contributed by atoms with Gasteiger partial charge in [0.1, 0.15) is 5.82 Å². The molecule has 1 saturated carbocycles. The van der Waals surface area contributed by atoms with Crippen molar-refractivity contribution >= 4 is 11.8 Å². The van der Waals surface area contributed by atoms with E-state index in [0.717, 1.165) is 24.2 Å². The van der Waals surface area contributed by atoms with Gasteiger partial charge in [0, 0.05) is 25.0 Å². The maximum Gasteiger partial charge on any atom is 0.320 e. The molecule has 0 radical (unpaired) electrons. The van der Waals surface area contributed by atoms with E-state index in [9.17, 15) is 4.79 Å². The van der Waals surface area contributed by atoms with Crippen LogP contribution in [0.25, 0.3) is 0 Å². The second-order valence-electron chi connectivity index (χ2n) is 5.27. The predicted molar refractivity (Wildman–Crippen MR) is 79.8 cm³/mol. The van der Waals surface area contributed by atoms with Crippen molar-refractivity contribution in [2.75, 3.05) is 5.32 Å². The molecule has 2 aromatic rings. The molecule has 2 N–H and O–H groups in total. The Labute approximate surface area is 123 Å². The lowest BCUT2D eigenvalue weighted by molar-refractivity contribution is 0.251. The fourth-order valence-corrected chi connectivity index (χ4v) is 2.70. The molecule has 110 valence electrons. The number of hydrogen-bond donors (Lipinski definition) is 2. The van der Waals surface area contributed by atoms with Gasteiger partial charge in [-0.15, -0.1) is 0 Å². The Hall–Kier alpha value is -2.37. The fraction of sp³-hybridized carbons (Fsp3) is 0.400. The van der Waals surface area contributed by atoms with Crippen LogP contribution in [0.1, 0.15) is 37.3 Å². The summed E-state index contributed by atoms with van der Waals surface area (Å²) in [5.74, 6) is 0.755. The maximum atomic E-state index is 12.0. The zero-order valence-electron chi connectivity index (χ0n) is 11.8. The van der Waals surface area contributed by atoms with E-state index in [2.05, 4.69) is 20.7 Å². The van der Waals surface area contributed by atoms with Crippen LogP contribution in [0.5, 0.6) is 0 Å². The highest BCUT2D eigenvalue weighted by molar-refractivity contribution is 5.88. The third-order valence-corrected chi connectivity index (χ3v) is 3.76. The first-order valence-electron chi connectivity index (χ1n) is 7.30. The zero-order valence-corrected chi connectivity index (χ0v) is 11.8. The number of amides is 2. The van der Waals surface area contributed by atoms with Crippen LogP contribution in [0.4, 0.5) is 10.6 Å². The predicted octanol–water partition coefficient (Wildman–Crippen LogP) is 2.71. The lowest BCUT2D eigenvalue weighted by Crippen LogP contribution is -2.29. The molecule has 0 bridgehead atoms. The number of anilines is 1. The third-order valence-electron chi connectivity index (χ3n) is 3.76. The molecule has 6 nitrogen and oxygen atoms in total. The molecule has 2 aromatic heterocycles. The summed E-state index contributed by atoms with van der Waals surface area (Å²) >= 11 is 0. The highest BCUT2D eigenvalue weighted by Gasteiger charge is 2.20. The lowest BCUT2D eigenvalue weighted by atomic mass is 10.2. The van der Waals surface area contributed by atoms with Crippen LogP contribution in [0, 0.1) is 0 Å². The van der Waals surface area contributed by atoms with Crippen molar-refractivity contribution in [2.24, 2.45) is 0 Å². The summed E-state index contributed by atoms with van der Waals surface area (Å²) in [5.41, 5.74) is 0.969. The average molecular weight is 285 g/mol. The Morgan fingerprint density at radius 2 is 2.14 bits per heavy atom. The Morgan fingerprint density at radius 3 is 2.90 bits per heavy atom. The van der Waals surface area contributed by atoms with E-state index in [-0.39, 0.29) is 6.03 Å². The molecule has 1 aliphatic rings. The molecule has 0 aromatic carbocycles. The molecule has 1 fully saturated rings. The van der Waals surface area contributed by atoms with E-state index >= 15 is 0 Å². The summed E-state index contributed by atoms with van der Waals surface area (Å²) in [6, 6.07) is 5.80. The first kappa shape index (κ1) is 13.6. The van der Waals surface area contributed by atoms with Crippen LogP contribution in [0.15, 0.2) is 36.8 Å². The van der Waals surface area contributed by atoms with Gasteiger partial charge in [0.15, 0.2) is 0 Å². The van der Waals surface area contributed by atoms with Gasteiger partial charge in [0.25, 0.3) is 0 Å². The summed E-state index contributed by atoms with van der Waals surface area (Å²) < 4.78 is 1.93. The van der Waals surface area contributed by atoms with Crippen molar-refractivity contribution < 1.29 is 4.79 Å². The Morgan fingerprint density at radius 1 is 1.29 bits per heavy atom. The van der Waals surface area contributed by atoms with Gasteiger partial charge in [-0.3, -0.25) is 10.3 Å². The molecule has 0 aliphatic heterocycles. The molecule has 0 unspecified atom stereocenters. The minimum Gasteiger partial charge on any atom is -0.334 e. The molecule has 3 rings (SSSR count). The van der Waals surface area contributed by atoms with E-state index in [1.807, 2.05) is 22.9 Å². The number of aromatic nitrogens is 3. The smallest absolute Gasteiger partial charge is 0.320 e. The second-order valence-corrected chi connectivity index (χ2v) is 5.27. The van der Waals surface area contributed by atoms with Crippen molar-refractivity contribution in [1.82, 2.24) is 20.1 Å². The largest absolute Gasteiger partial charge is 0.334 e. The number of urea groups is 1. The van der Waals surface area contributed by atoms with Crippen LogP contribution in [-0.4, -0.2) is 20.8 Å². The van der Waals surface area contributed by atoms with Crippen molar-refractivity contribution in [3.05, 3.63) is 42.4 Å². The number of pyridine rings is 1. The van der Waals surface area contributed by atoms with Gasteiger partial charge in [0.05, 0.1) is 12.2 Å². The first-order valence-corrected chi connectivity index (χ1v) is 7.30. The fourth-order valence-electron chi connectivity index (χ4n) is 2.70. The van der Waals surface area contributed by atoms with E-state index in [1.54, 1.807) is 18.6 Å². The number of carbonyl (C=O) groups excluding carboxylic acids is 1. The Kier molecular flexibility index (Phi) is 4.14. The van der Waals surface area contributed by atoms with Crippen molar-refractivity contribution in [3.8, 4) is 0 Å². The summed E-state index contributed by atoms with van der Waals surface area (Å²) in [5, 5.41) is 10.0. The highest BCUT2D eigenvalue weighted by Crippen LogP contribution is 2.31. The van der Waals surface area contributed by atoms with Gasteiger partial charge in [-0.1, -0.05) is 18.9 Å². The van der Waals surface area contributed by atoms with Gasteiger partial charge in [-0.2, -0.15) is 5.10 Å². The Balaban J connectivity index is 1.56. The minimum absolute atomic E-state index is 0.224. The second kappa shape index (κ2) is 6.39. The summed E-state index contributed by atoms with van der Waals surface area (Å²) in [4.78, 5) is 16.0. The van der Waals surface area contributed by atoms with E-state index in [4.69, 9.17) is 0 Å². The first-order chi connectivity index (χ1) is 10.3. The molecule has 1 aliphatic carbocycles. The van der Waals surface area contributed by atoms with E-state index in [1.165, 1.54) is 12.8 Å². The molecule has 2 heterocycles. The van der Waals surface area contributed by atoms with E-state index < -0.39 is 0 Å². The highest BCUT2D eigenvalue weighted by atomic mass is 16.2. The number of rotatable bonds is 4. The monoisotopic (exact) mass is 285 g/mol. The topological polar surface area (TPSA) is 71.8 Å². The average Bonchev–Trinajstić information content (AvgIpc) is 3.17. The normalized spacial score (nSPS) is 15.0. The van der Waals surface area contributed by atoms with Gasteiger partial charge in [-0.25, -0.2) is 9.48 Å². The van der Waals surface area contributed by atoms with Crippen LogP contribution in [0.2, 0.25) is 0 Å².